The third kappa shape index (κ3) is 3.50. The second-order valence-electron chi connectivity index (χ2n) is 6.82. The van der Waals surface area contributed by atoms with Crippen molar-refractivity contribution in [1.82, 2.24) is 19.2 Å². The molecule has 0 fully saturated rings. The predicted molar refractivity (Wildman–Crippen MR) is 107 cm³/mol. The largest absolute Gasteiger partial charge is 0.304 e. The van der Waals surface area contributed by atoms with E-state index in [-0.39, 0.29) is 0 Å². The monoisotopic (exact) mass is 364 g/mol. The summed E-state index contributed by atoms with van der Waals surface area (Å²) >= 11 is 5.71. The molecule has 0 spiro atoms. The molecule has 3 aromatic rings. The first-order valence-corrected chi connectivity index (χ1v) is 9.65. The van der Waals surface area contributed by atoms with Gasteiger partial charge >= 0.3 is 0 Å². The number of aromatic nitrogens is 3. The summed E-state index contributed by atoms with van der Waals surface area (Å²) in [6.07, 6.45) is 1.91. The zero-order chi connectivity index (χ0) is 17.9. The van der Waals surface area contributed by atoms with Gasteiger partial charge in [-0.25, -0.2) is 4.68 Å². The first-order valence-electron chi connectivity index (χ1n) is 9.24. The third-order valence-corrected chi connectivity index (χ3v) is 5.50. The molecule has 0 unspecified atom stereocenters. The Bertz CT molecular complexity index is 942. The van der Waals surface area contributed by atoms with Gasteiger partial charge in [-0.2, -0.15) is 5.10 Å². The highest BCUT2D eigenvalue weighted by atomic mass is 32.1. The highest BCUT2D eigenvalue weighted by Crippen LogP contribution is 2.19. The number of benzene rings is 2. The number of hydrogen-bond acceptors (Lipinski definition) is 3. The molecule has 1 aliphatic heterocycles. The van der Waals surface area contributed by atoms with Gasteiger partial charge in [-0.1, -0.05) is 54.6 Å². The standard InChI is InChI=1S/C21H24N4S/c1-2-24-20(14-17-8-4-3-5-9-17)22-25(21(24)26)16-23-13-12-18-10-6-7-11-19(18)15-23/h3-11H,2,12-16H2,1H3. The van der Waals surface area contributed by atoms with E-state index in [1.165, 1.54) is 16.7 Å². The number of nitrogens with zero attached hydrogens (tertiary/aromatic N) is 4. The van der Waals surface area contributed by atoms with Gasteiger partial charge in [0.15, 0.2) is 4.77 Å². The summed E-state index contributed by atoms with van der Waals surface area (Å²) in [5, 5.41) is 4.86. The molecule has 4 nitrogen and oxygen atoms in total. The van der Waals surface area contributed by atoms with Gasteiger partial charge in [-0.05, 0) is 42.3 Å². The van der Waals surface area contributed by atoms with Gasteiger partial charge < -0.3 is 4.57 Å². The van der Waals surface area contributed by atoms with E-state index in [4.69, 9.17) is 17.3 Å². The molecule has 0 N–H and O–H groups in total. The molecule has 0 radical (unpaired) electrons. The average molecular weight is 365 g/mol. The number of rotatable bonds is 5. The molecule has 2 heterocycles. The van der Waals surface area contributed by atoms with Crippen molar-refractivity contribution < 1.29 is 0 Å². The maximum atomic E-state index is 5.71. The van der Waals surface area contributed by atoms with Crippen LogP contribution >= 0.6 is 12.2 Å². The van der Waals surface area contributed by atoms with E-state index >= 15 is 0 Å². The lowest BCUT2D eigenvalue weighted by Gasteiger charge is -2.28. The molecule has 5 heteroatoms. The van der Waals surface area contributed by atoms with E-state index in [1.54, 1.807) is 0 Å². The van der Waals surface area contributed by atoms with E-state index in [0.29, 0.717) is 0 Å². The summed E-state index contributed by atoms with van der Waals surface area (Å²) in [5.74, 6) is 1.04. The van der Waals surface area contributed by atoms with Crippen molar-refractivity contribution in [2.24, 2.45) is 0 Å². The van der Waals surface area contributed by atoms with Crippen molar-refractivity contribution in [3.05, 3.63) is 81.9 Å². The van der Waals surface area contributed by atoms with Crippen LogP contribution in [0.5, 0.6) is 0 Å². The highest BCUT2D eigenvalue weighted by Gasteiger charge is 2.18. The van der Waals surface area contributed by atoms with E-state index < -0.39 is 0 Å². The van der Waals surface area contributed by atoms with Gasteiger partial charge in [0.25, 0.3) is 0 Å². The van der Waals surface area contributed by atoms with Crippen LogP contribution in [-0.4, -0.2) is 25.8 Å². The minimum atomic E-state index is 0.752. The fraction of sp³-hybridized carbons (Fsp3) is 0.333. The Morgan fingerprint density at radius 3 is 2.50 bits per heavy atom. The molecule has 0 atom stereocenters. The van der Waals surface area contributed by atoms with Crippen LogP contribution in [0, 0.1) is 4.77 Å². The molecule has 26 heavy (non-hydrogen) atoms. The Labute approximate surface area is 159 Å². The topological polar surface area (TPSA) is 26.0 Å². The molecule has 1 aromatic heterocycles. The lowest BCUT2D eigenvalue weighted by atomic mass is 10.0. The summed E-state index contributed by atoms with van der Waals surface area (Å²) in [4.78, 5) is 2.43. The van der Waals surface area contributed by atoms with Crippen LogP contribution < -0.4 is 0 Å². The summed E-state index contributed by atoms with van der Waals surface area (Å²) in [6, 6.07) is 19.2. The van der Waals surface area contributed by atoms with Crippen molar-refractivity contribution >= 4 is 12.2 Å². The van der Waals surface area contributed by atoms with Crippen molar-refractivity contribution in [2.45, 2.75) is 39.5 Å². The molecule has 4 rings (SSSR count). The van der Waals surface area contributed by atoms with Crippen molar-refractivity contribution in [1.29, 1.82) is 0 Å². The molecule has 2 aromatic carbocycles. The molecule has 0 saturated carbocycles. The van der Waals surface area contributed by atoms with Crippen molar-refractivity contribution in [2.75, 3.05) is 6.54 Å². The Kier molecular flexibility index (Phi) is 5.00. The van der Waals surface area contributed by atoms with Gasteiger partial charge in [0.05, 0.1) is 6.67 Å². The van der Waals surface area contributed by atoms with Gasteiger partial charge in [0.1, 0.15) is 5.82 Å². The van der Waals surface area contributed by atoms with Crippen LogP contribution in [0.2, 0.25) is 0 Å². The van der Waals surface area contributed by atoms with Gasteiger partial charge in [-0.15, -0.1) is 0 Å². The quantitative estimate of drug-likeness (QED) is 0.639. The van der Waals surface area contributed by atoms with E-state index in [2.05, 4.69) is 64.9 Å². The predicted octanol–water partition coefficient (Wildman–Crippen LogP) is 4.04. The molecule has 0 bridgehead atoms. The van der Waals surface area contributed by atoms with Crippen LogP contribution in [0.25, 0.3) is 0 Å². The van der Waals surface area contributed by atoms with E-state index in [9.17, 15) is 0 Å². The summed E-state index contributed by atoms with van der Waals surface area (Å²) < 4.78 is 4.96. The Balaban J connectivity index is 1.55. The normalized spacial score (nSPS) is 14.3. The van der Waals surface area contributed by atoms with Crippen molar-refractivity contribution in [3.8, 4) is 0 Å². The van der Waals surface area contributed by atoms with Crippen LogP contribution in [0.4, 0.5) is 0 Å². The molecule has 0 saturated heterocycles. The molecular formula is C21H24N4S. The van der Waals surface area contributed by atoms with E-state index in [0.717, 1.165) is 49.7 Å². The van der Waals surface area contributed by atoms with Crippen LogP contribution in [0.1, 0.15) is 29.4 Å². The number of fused-ring (bicyclic) bond motifs is 1. The Morgan fingerprint density at radius 2 is 1.73 bits per heavy atom. The second-order valence-corrected chi connectivity index (χ2v) is 7.18. The lowest BCUT2D eigenvalue weighted by Crippen LogP contribution is -2.32. The van der Waals surface area contributed by atoms with E-state index in [1.807, 2.05) is 10.7 Å². The molecular weight excluding hydrogens is 340 g/mol. The minimum Gasteiger partial charge on any atom is -0.304 e. The number of hydrogen-bond donors (Lipinski definition) is 0. The fourth-order valence-electron chi connectivity index (χ4n) is 3.67. The summed E-state index contributed by atoms with van der Waals surface area (Å²) in [5.41, 5.74) is 4.15. The van der Waals surface area contributed by atoms with Crippen LogP contribution in [-0.2, 0) is 32.6 Å². The van der Waals surface area contributed by atoms with Gasteiger partial charge in [0, 0.05) is 26.1 Å². The highest BCUT2D eigenvalue weighted by molar-refractivity contribution is 7.71. The second kappa shape index (κ2) is 7.56. The summed E-state index contributed by atoms with van der Waals surface area (Å²) in [6.45, 7) is 5.75. The Hall–Kier alpha value is -2.24. The minimum absolute atomic E-state index is 0.752. The van der Waals surface area contributed by atoms with Crippen LogP contribution in [0.15, 0.2) is 54.6 Å². The first-order chi connectivity index (χ1) is 12.7. The molecule has 134 valence electrons. The zero-order valence-electron chi connectivity index (χ0n) is 15.1. The average Bonchev–Trinajstić information content (AvgIpc) is 2.96. The SMILES string of the molecule is CCn1c(Cc2ccccc2)nn(CN2CCc3ccccc3C2)c1=S. The third-order valence-electron chi connectivity index (χ3n) is 5.06. The smallest absolute Gasteiger partial charge is 0.199 e. The first kappa shape index (κ1) is 17.2. The van der Waals surface area contributed by atoms with Crippen LogP contribution in [0.3, 0.4) is 0 Å². The fourth-order valence-corrected chi connectivity index (χ4v) is 4.00. The molecule has 0 aliphatic carbocycles. The summed E-state index contributed by atoms with van der Waals surface area (Å²) in [7, 11) is 0. The molecule has 1 aliphatic rings. The van der Waals surface area contributed by atoms with Crippen molar-refractivity contribution in [3.63, 3.8) is 0 Å². The van der Waals surface area contributed by atoms with Gasteiger partial charge in [0.2, 0.25) is 0 Å². The zero-order valence-corrected chi connectivity index (χ0v) is 16.0. The maximum absolute atomic E-state index is 5.71. The molecule has 0 amide bonds. The lowest BCUT2D eigenvalue weighted by molar-refractivity contribution is 0.187. The van der Waals surface area contributed by atoms with Gasteiger partial charge in [-0.3, -0.25) is 4.90 Å². The maximum Gasteiger partial charge on any atom is 0.199 e. The Morgan fingerprint density at radius 1 is 1.00 bits per heavy atom.